The highest BCUT2D eigenvalue weighted by atomic mass is 14.8. The van der Waals surface area contributed by atoms with Crippen molar-refractivity contribution in [2.45, 2.75) is 13.8 Å². The summed E-state index contributed by atoms with van der Waals surface area (Å²) in [5.41, 5.74) is 11.8. The molecular weight excluding hydrogens is 355 g/mol. The zero-order valence-electron chi connectivity index (χ0n) is 16.2. The van der Waals surface area contributed by atoms with E-state index in [-0.39, 0.29) is 6.71 Å². The quantitative estimate of drug-likeness (QED) is 0.417. The molecule has 4 nitrogen and oxygen atoms in total. The second kappa shape index (κ2) is 5.95. The first-order chi connectivity index (χ1) is 14.2. The van der Waals surface area contributed by atoms with Gasteiger partial charge in [0, 0.05) is 12.4 Å². The SMILES string of the molecule is Cc1cnc2cc3c(cc2n1)B(c1ccccc1)c1cc2nc(C)cnc2cc1-3. The first-order valence-corrected chi connectivity index (χ1v) is 9.77. The van der Waals surface area contributed by atoms with Crippen LogP contribution in [0, 0.1) is 13.8 Å². The van der Waals surface area contributed by atoms with Crippen LogP contribution in [0.1, 0.15) is 11.4 Å². The van der Waals surface area contributed by atoms with Gasteiger partial charge in [-0.25, -0.2) is 9.97 Å². The normalized spacial score (nSPS) is 12.4. The fraction of sp³-hybridized carbons (Fsp3) is 0.0833. The zero-order chi connectivity index (χ0) is 19.5. The third-order valence-corrected chi connectivity index (χ3v) is 5.71. The van der Waals surface area contributed by atoms with Gasteiger partial charge in [-0.05, 0) is 49.2 Å². The first-order valence-electron chi connectivity index (χ1n) is 9.77. The Labute approximate surface area is 168 Å². The van der Waals surface area contributed by atoms with Crippen LogP contribution in [0.15, 0.2) is 67.0 Å². The minimum absolute atomic E-state index is 0.152. The van der Waals surface area contributed by atoms with Gasteiger partial charge in [0.1, 0.15) is 0 Å². The van der Waals surface area contributed by atoms with Gasteiger partial charge in [-0.2, -0.15) is 0 Å². The Morgan fingerprint density at radius 3 is 1.66 bits per heavy atom. The van der Waals surface area contributed by atoms with Crippen molar-refractivity contribution in [1.82, 2.24) is 19.9 Å². The molecule has 0 saturated heterocycles. The van der Waals surface area contributed by atoms with Gasteiger partial charge in [0.2, 0.25) is 6.71 Å². The van der Waals surface area contributed by atoms with Gasteiger partial charge in [-0.1, -0.05) is 46.7 Å². The molecule has 5 aromatic rings. The molecular formula is C24H17BN4. The average Bonchev–Trinajstić information content (AvgIpc) is 3.03. The van der Waals surface area contributed by atoms with E-state index in [1.807, 2.05) is 26.2 Å². The molecule has 0 fully saturated rings. The number of aromatic nitrogens is 4. The van der Waals surface area contributed by atoms with E-state index in [9.17, 15) is 0 Å². The van der Waals surface area contributed by atoms with Crippen molar-refractivity contribution in [2.24, 2.45) is 0 Å². The lowest BCUT2D eigenvalue weighted by atomic mass is 9.39. The van der Waals surface area contributed by atoms with Gasteiger partial charge in [0.25, 0.3) is 0 Å². The fourth-order valence-corrected chi connectivity index (χ4v) is 4.45. The second-order valence-electron chi connectivity index (χ2n) is 7.72. The predicted octanol–water partition coefficient (Wildman–Crippen LogP) is 2.69. The lowest BCUT2D eigenvalue weighted by molar-refractivity contribution is 1.19. The van der Waals surface area contributed by atoms with Crippen LogP contribution in [0.5, 0.6) is 0 Å². The Morgan fingerprint density at radius 1 is 0.621 bits per heavy atom. The average molecular weight is 372 g/mol. The van der Waals surface area contributed by atoms with Crippen molar-refractivity contribution in [3.8, 4) is 11.1 Å². The minimum Gasteiger partial charge on any atom is -0.253 e. The van der Waals surface area contributed by atoms with Gasteiger partial charge >= 0.3 is 0 Å². The second-order valence-corrected chi connectivity index (χ2v) is 7.72. The van der Waals surface area contributed by atoms with Crippen molar-refractivity contribution in [2.75, 3.05) is 0 Å². The van der Waals surface area contributed by atoms with Crippen molar-refractivity contribution >= 4 is 45.2 Å². The lowest BCUT2D eigenvalue weighted by Gasteiger charge is -2.11. The summed E-state index contributed by atoms with van der Waals surface area (Å²) in [5.74, 6) is 0. The largest absolute Gasteiger partial charge is 0.253 e. The van der Waals surface area contributed by atoms with E-state index in [0.717, 1.165) is 33.5 Å². The molecule has 3 heterocycles. The molecule has 0 saturated carbocycles. The molecule has 0 aliphatic carbocycles. The van der Waals surface area contributed by atoms with E-state index in [0.29, 0.717) is 0 Å². The van der Waals surface area contributed by atoms with E-state index in [4.69, 9.17) is 9.97 Å². The summed E-state index contributed by atoms with van der Waals surface area (Å²) in [6, 6.07) is 19.4. The highest BCUT2D eigenvalue weighted by molar-refractivity contribution is 6.99. The molecule has 1 aliphatic rings. The van der Waals surface area contributed by atoms with E-state index in [2.05, 4.69) is 64.6 Å². The first kappa shape index (κ1) is 16.4. The zero-order valence-corrected chi connectivity index (χ0v) is 16.2. The van der Waals surface area contributed by atoms with Crippen LogP contribution >= 0.6 is 0 Å². The Balaban J connectivity index is 1.71. The van der Waals surface area contributed by atoms with Crippen LogP contribution < -0.4 is 16.4 Å². The van der Waals surface area contributed by atoms with Crippen molar-refractivity contribution in [1.29, 1.82) is 0 Å². The third kappa shape index (κ3) is 2.47. The number of aryl methyl sites for hydroxylation is 2. The van der Waals surface area contributed by atoms with Crippen molar-refractivity contribution in [3.63, 3.8) is 0 Å². The van der Waals surface area contributed by atoms with Crippen molar-refractivity contribution < 1.29 is 0 Å². The van der Waals surface area contributed by atoms with Crippen LogP contribution in [0.3, 0.4) is 0 Å². The standard InChI is InChI=1S/C24H17BN4/c1-14-12-26-21-8-17-18-9-22-24(29-15(2)13-27-22)11-20(18)25(16-6-4-3-5-7-16)19(17)10-23(21)28-14/h3-13H,1-2H3. The maximum absolute atomic E-state index is 4.72. The summed E-state index contributed by atoms with van der Waals surface area (Å²) in [5, 5.41) is 0. The Bertz CT molecular complexity index is 1340. The molecule has 0 spiro atoms. The predicted molar refractivity (Wildman–Crippen MR) is 119 cm³/mol. The molecule has 0 amide bonds. The minimum atomic E-state index is 0.152. The lowest BCUT2D eigenvalue weighted by Crippen LogP contribution is -2.48. The monoisotopic (exact) mass is 372 g/mol. The Kier molecular flexibility index (Phi) is 3.36. The fourth-order valence-electron chi connectivity index (χ4n) is 4.45. The molecule has 0 radical (unpaired) electrons. The summed E-state index contributed by atoms with van der Waals surface area (Å²) >= 11 is 0. The van der Waals surface area contributed by atoms with Crippen LogP contribution in [-0.2, 0) is 0 Å². The van der Waals surface area contributed by atoms with E-state index in [1.54, 1.807) is 0 Å². The molecule has 2 aromatic heterocycles. The molecule has 0 N–H and O–H groups in total. The Morgan fingerprint density at radius 2 is 1.14 bits per heavy atom. The smallest absolute Gasteiger partial charge is 0.243 e. The maximum atomic E-state index is 4.72. The van der Waals surface area contributed by atoms with E-state index < -0.39 is 0 Å². The topological polar surface area (TPSA) is 51.6 Å². The number of hydrogen-bond acceptors (Lipinski definition) is 4. The highest BCUT2D eigenvalue weighted by Crippen LogP contribution is 2.28. The molecule has 29 heavy (non-hydrogen) atoms. The summed E-state index contributed by atoms with van der Waals surface area (Å²) in [7, 11) is 0. The molecule has 6 rings (SSSR count). The third-order valence-electron chi connectivity index (χ3n) is 5.71. The van der Waals surface area contributed by atoms with Crippen LogP contribution in [0.25, 0.3) is 33.2 Å². The molecule has 0 bridgehead atoms. The summed E-state index contributed by atoms with van der Waals surface area (Å²) < 4.78 is 0. The number of fused-ring (bicyclic) bond motifs is 5. The Hall–Kier alpha value is -3.60. The summed E-state index contributed by atoms with van der Waals surface area (Å²) in [4.78, 5) is 18.7. The van der Waals surface area contributed by atoms with Crippen LogP contribution in [-0.4, -0.2) is 26.6 Å². The van der Waals surface area contributed by atoms with Crippen LogP contribution in [0.4, 0.5) is 0 Å². The van der Waals surface area contributed by atoms with Gasteiger partial charge in [0.05, 0.1) is 33.5 Å². The van der Waals surface area contributed by atoms with Gasteiger partial charge < -0.3 is 0 Å². The van der Waals surface area contributed by atoms with E-state index >= 15 is 0 Å². The number of nitrogens with zero attached hydrogens (tertiary/aromatic N) is 4. The van der Waals surface area contributed by atoms with E-state index in [1.165, 1.54) is 27.5 Å². The highest BCUT2D eigenvalue weighted by Gasteiger charge is 2.34. The molecule has 136 valence electrons. The molecule has 5 heteroatoms. The molecule has 0 atom stereocenters. The summed E-state index contributed by atoms with van der Waals surface area (Å²) in [6.45, 7) is 4.12. The maximum Gasteiger partial charge on any atom is 0.243 e. The molecule has 1 aliphatic heterocycles. The molecule has 0 unspecified atom stereocenters. The van der Waals surface area contributed by atoms with Gasteiger partial charge in [0.15, 0.2) is 0 Å². The molecule has 3 aromatic carbocycles. The number of hydrogen-bond donors (Lipinski definition) is 0. The number of benzene rings is 3. The summed E-state index contributed by atoms with van der Waals surface area (Å²) in [6.07, 6.45) is 3.65. The van der Waals surface area contributed by atoms with Crippen molar-refractivity contribution in [3.05, 3.63) is 78.4 Å². The van der Waals surface area contributed by atoms with Gasteiger partial charge in [-0.15, -0.1) is 0 Å². The number of rotatable bonds is 1. The van der Waals surface area contributed by atoms with Crippen LogP contribution in [0.2, 0.25) is 0 Å². The van der Waals surface area contributed by atoms with Gasteiger partial charge in [-0.3, -0.25) is 9.97 Å².